The van der Waals surface area contributed by atoms with E-state index in [9.17, 15) is 14.4 Å². The zero-order chi connectivity index (χ0) is 20.4. The van der Waals surface area contributed by atoms with Crippen molar-refractivity contribution in [1.82, 2.24) is 5.43 Å². The molecule has 2 amide bonds. The Morgan fingerprint density at radius 2 is 1.90 bits per heavy atom. The summed E-state index contributed by atoms with van der Waals surface area (Å²) >= 11 is 0. The zero-order valence-electron chi connectivity index (χ0n) is 15.5. The molecule has 1 aliphatic rings. The van der Waals surface area contributed by atoms with E-state index in [1.807, 2.05) is 12.1 Å². The second-order valence-electron chi connectivity index (χ2n) is 6.45. The van der Waals surface area contributed by atoms with Crippen LogP contribution in [0.2, 0.25) is 0 Å². The van der Waals surface area contributed by atoms with Crippen LogP contribution in [0.5, 0.6) is 5.75 Å². The predicted molar refractivity (Wildman–Crippen MR) is 107 cm³/mol. The monoisotopic (exact) mass is 391 g/mol. The highest BCUT2D eigenvalue weighted by Gasteiger charge is 2.26. The van der Waals surface area contributed by atoms with Crippen molar-refractivity contribution < 1.29 is 18.7 Å². The fourth-order valence-corrected chi connectivity index (χ4v) is 3.03. The number of benzene rings is 2. The minimum absolute atomic E-state index is 0.134. The third kappa shape index (κ3) is 3.73. The number of rotatable bonds is 4. The number of hydrogen-bond acceptors (Lipinski definition) is 6. The third-order valence-electron chi connectivity index (χ3n) is 4.49. The summed E-state index contributed by atoms with van der Waals surface area (Å²) in [7, 11) is 0. The first kappa shape index (κ1) is 18.4. The topological polar surface area (TPSA) is 101 Å². The average Bonchev–Trinajstić information content (AvgIpc) is 2.73. The molecule has 8 nitrogen and oxygen atoms in total. The van der Waals surface area contributed by atoms with Crippen molar-refractivity contribution >= 4 is 34.2 Å². The molecule has 146 valence electrons. The molecule has 0 radical (unpaired) electrons. The van der Waals surface area contributed by atoms with Crippen molar-refractivity contribution in [3.05, 3.63) is 70.6 Å². The van der Waals surface area contributed by atoms with E-state index in [1.165, 1.54) is 4.90 Å². The fraction of sp³-hybridized carbons (Fsp3) is 0.143. The molecular formula is C21H17N3O5. The number of carbonyl (C=O) groups excluding carboxylic acids is 2. The van der Waals surface area contributed by atoms with Gasteiger partial charge in [-0.05, 0) is 31.2 Å². The molecule has 0 fully saturated rings. The van der Waals surface area contributed by atoms with E-state index in [-0.39, 0.29) is 24.6 Å². The Bertz CT molecular complexity index is 1200. The van der Waals surface area contributed by atoms with E-state index in [0.29, 0.717) is 22.7 Å². The van der Waals surface area contributed by atoms with Crippen molar-refractivity contribution in [2.45, 2.75) is 6.92 Å². The van der Waals surface area contributed by atoms with E-state index in [2.05, 4.69) is 10.5 Å². The van der Waals surface area contributed by atoms with Crippen LogP contribution in [0.3, 0.4) is 0 Å². The van der Waals surface area contributed by atoms with Gasteiger partial charge in [0.05, 0.1) is 17.0 Å². The van der Waals surface area contributed by atoms with Crippen LogP contribution in [0.4, 0.5) is 5.69 Å². The minimum Gasteiger partial charge on any atom is -0.482 e. The molecule has 2 heterocycles. The molecule has 0 bridgehead atoms. The summed E-state index contributed by atoms with van der Waals surface area (Å²) < 4.78 is 10.6. The molecule has 0 spiro atoms. The van der Waals surface area contributed by atoms with Crippen LogP contribution in [0.25, 0.3) is 11.0 Å². The van der Waals surface area contributed by atoms with Gasteiger partial charge in [0.15, 0.2) is 6.61 Å². The van der Waals surface area contributed by atoms with Crippen LogP contribution in [-0.4, -0.2) is 30.7 Å². The highest BCUT2D eigenvalue weighted by atomic mass is 16.5. The summed E-state index contributed by atoms with van der Waals surface area (Å²) in [4.78, 5) is 38.0. The van der Waals surface area contributed by atoms with Crippen molar-refractivity contribution in [1.29, 1.82) is 0 Å². The molecule has 0 atom stereocenters. The van der Waals surface area contributed by atoms with Gasteiger partial charge in [-0.1, -0.05) is 30.3 Å². The third-order valence-corrected chi connectivity index (χ3v) is 4.49. The number of carbonyl (C=O) groups is 2. The maximum Gasteiger partial charge on any atom is 0.345 e. The Balaban J connectivity index is 1.51. The summed E-state index contributed by atoms with van der Waals surface area (Å²) in [6, 6.07) is 15.8. The van der Waals surface area contributed by atoms with Crippen molar-refractivity contribution in [2.75, 3.05) is 18.1 Å². The Kier molecular flexibility index (Phi) is 4.82. The molecule has 1 aromatic heterocycles. The summed E-state index contributed by atoms with van der Waals surface area (Å²) in [6.07, 6.45) is 0. The van der Waals surface area contributed by atoms with Gasteiger partial charge in [0, 0.05) is 5.39 Å². The van der Waals surface area contributed by atoms with Crippen LogP contribution in [-0.2, 0) is 9.59 Å². The quantitative estimate of drug-likeness (QED) is 0.417. The Morgan fingerprint density at radius 3 is 2.76 bits per heavy atom. The number of fused-ring (bicyclic) bond motifs is 2. The lowest BCUT2D eigenvalue weighted by atomic mass is 10.1. The van der Waals surface area contributed by atoms with E-state index in [0.717, 1.165) is 5.39 Å². The van der Waals surface area contributed by atoms with Crippen molar-refractivity contribution in [3.8, 4) is 5.75 Å². The molecule has 4 rings (SSSR count). The van der Waals surface area contributed by atoms with Gasteiger partial charge in [0.2, 0.25) is 0 Å². The number of hydrogen-bond donors (Lipinski definition) is 1. The number of anilines is 1. The second kappa shape index (κ2) is 7.59. The van der Waals surface area contributed by atoms with Crippen LogP contribution in [0, 0.1) is 0 Å². The standard InChI is InChI=1S/C21H17N3O5/c1-13(15-10-14-6-2-4-8-17(14)29-21(15)27)22-23-19(25)11-24-16-7-3-5-9-18(16)28-12-20(24)26/h2-10H,11-12H2,1H3,(H,23,25)/b22-13-. The maximum atomic E-state index is 12.3. The maximum absolute atomic E-state index is 12.3. The smallest absolute Gasteiger partial charge is 0.345 e. The van der Waals surface area contributed by atoms with E-state index < -0.39 is 11.5 Å². The molecule has 0 saturated heterocycles. The van der Waals surface area contributed by atoms with E-state index in [1.54, 1.807) is 49.4 Å². The van der Waals surface area contributed by atoms with Crippen molar-refractivity contribution in [2.24, 2.45) is 5.10 Å². The molecule has 8 heteroatoms. The van der Waals surface area contributed by atoms with Gasteiger partial charge in [-0.25, -0.2) is 10.2 Å². The Morgan fingerprint density at radius 1 is 1.14 bits per heavy atom. The number of nitrogens with one attached hydrogen (secondary N) is 1. The molecule has 3 aromatic rings. The first-order chi connectivity index (χ1) is 14.0. The molecule has 0 saturated carbocycles. The first-order valence-electron chi connectivity index (χ1n) is 8.91. The predicted octanol–water partition coefficient (Wildman–Crippen LogP) is 2.06. The van der Waals surface area contributed by atoms with Gasteiger partial charge in [-0.3, -0.25) is 14.5 Å². The molecule has 1 N–H and O–H groups in total. The first-order valence-corrected chi connectivity index (χ1v) is 8.91. The Labute approximate surface area is 165 Å². The molecule has 2 aromatic carbocycles. The fourth-order valence-electron chi connectivity index (χ4n) is 3.03. The number of amides is 2. The van der Waals surface area contributed by atoms with Crippen LogP contribution in [0.1, 0.15) is 12.5 Å². The van der Waals surface area contributed by atoms with Crippen molar-refractivity contribution in [3.63, 3.8) is 0 Å². The lowest BCUT2D eigenvalue weighted by Crippen LogP contribution is -2.44. The van der Waals surface area contributed by atoms with Crippen LogP contribution in [0.15, 0.2) is 68.9 Å². The zero-order valence-corrected chi connectivity index (χ0v) is 15.5. The van der Waals surface area contributed by atoms with Gasteiger partial charge >= 0.3 is 5.63 Å². The molecule has 0 aliphatic carbocycles. The van der Waals surface area contributed by atoms with Gasteiger partial charge in [0.1, 0.15) is 17.9 Å². The van der Waals surface area contributed by atoms with Gasteiger partial charge in [-0.15, -0.1) is 0 Å². The molecule has 1 aliphatic heterocycles. The summed E-state index contributed by atoms with van der Waals surface area (Å²) in [5, 5.41) is 4.74. The molecular weight excluding hydrogens is 374 g/mol. The van der Waals surface area contributed by atoms with Gasteiger partial charge < -0.3 is 9.15 Å². The highest BCUT2D eigenvalue weighted by molar-refractivity contribution is 6.03. The molecule has 0 unspecified atom stereocenters. The summed E-state index contributed by atoms with van der Waals surface area (Å²) in [5.74, 6) is -0.289. The van der Waals surface area contributed by atoms with E-state index in [4.69, 9.17) is 9.15 Å². The largest absolute Gasteiger partial charge is 0.482 e. The second-order valence-corrected chi connectivity index (χ2v) is 6.45. The van der Waals surface area contributed by atoms with Gasteiger partial charge in [-0.2, -0.15) is 5.10 Å². The number of hydrazone groups is 1. The lowest BCUT2D eigenvalue weighted by molar-refractivity contribution is -0.125. The van der Waals surface area contributed by atoms with Gasteiger partial charge in [0.25, 0.3) is 11.8 Å². The minimum atomic E-state index is -0.545. The number of ether oxygens (including phenoxy) is 1. The normalized spacial score (nSPS) is 13.8. The summed E-state index contributed by atoms with van der Waals surface area (Å²) in [5.41, 5.74) is 3.39. The lowest BCUT2D eigenvalue weighted by Gasteiger charge is -2.28. The number of para-hydroxylation sites is 3. The van der Waals surface area contributed by atoms with Crippen LogP contribution < -0.4 is 20.7 Å². The summed E-state index contributed by atoms with van der Waals surface area (Å²) in [6.45, 7) is 1.24. The van der Waals surface area contributed by atoms with E-state index >= 15 is 0 Å². The SMILES string of the molecule is C/C(=N/NC(=O)CN1C(=O)COc2ccccc21)c1cc2ccccc2oc1=O. The Hall–Kier alpha value is -3.94. The highest BCUT2D eigenvalue weighted by Crippen LogP contribution is 2.31. The average molecular weight is 391 g/mol. The van der Waals surface area contributed by atoms with Crippen LogP contribution >= 0.6 is 0 Å². The molecule has 29 heavy (non-hydrogen) atoms. The number of nitrogens with zero attached hydrogens (tertiary/aromatic N) is 2.